The van der Waals surface area contributed by atoms with Crippen molar-refractivity contribution in [3.63, 3.8) is 0 Å². The lowest BCUT2D eigenvalue weighted by Crippen LogP contribution is -2.25. The maximum Gasteiger partial charge on any atom is 0.225 e. The van der Waals surface area contributed by atoms with E-state index in [-0.39, 0.29) is 11.8 Å². The van der Waals surface area contributed by atoms with E-state index in [0.29, 0.717) is 6.42 Å². The van der Waals surface area contributed by atoms with Crippen LogP contribution in [0.4, 0.5) is 5.69 Å². The lowest BCUT2D eigenvalue weighted by atomic mass is 9.81. The summed E-state index contributed by atoms with van der Waals surface area (Å²) in [5.41, 5.74) is 7.14. The number of nitrogens with one attached hydrogen (secondary N) is 1. The van der Waals surface area contributed by atoms with Crippen LogP contribution in [0.1, 0.15) is 40.2 Å². The van der Waals surface area contributed by atoms with Crippen molar-refractivity contribution in [1.29, 1.82) is 0 Å². The Kier molecular flexibility index (Phi) is 3.09. The molecule has 2 nitrogen and oxygen atoms in total. The quantitative estimate of drug-likeness (QED) is 0.826. The molecule has 0 fully saturated rings. The number of hydrogen-bond acceptors (Lipinski definition) is 1. The summed E-state index contributed by atoms with van der Waals surface area (Å²) in [4.78, 5) is 12.1. The summed E-state index contributed by atoms with van der Waals surface area (Å²) < 4.78 is 0. The first-order valence-electron chi connectivity index (χ1n) is 7.03. The summed E-state index contributed by atoms with van der Waals surface area (Å²) in [7, 11) is 0. The predicted octanol–water partition coefficient (Wildman–Crippen LogP) is 4.09. The monoisotopic (exact) mass is 265 g/mol. The maximum atomic E-state index is 12.1. The molecule has 0 aliphatic carbocycles. The minimum absolute atomic E-state index is 0.111. The van der Waals surface area contributed by atoms with Crippen LogP contribution in [-0.4, -0.2) is 5.91 Å². The Labute approximate surface area is 119 Å². The van der Waals surface area contributed by atoms with Crippen LogP contribution >= 0.6 is 0 Å². The van der Waals surface area contributed by atoms with Crippen molar-refractivity contribution < 1.29 is 4.79 Å². The molecular formula is C18H19NO. The average molecular weight is 265 g/mol. The van der Waals surface area contributed by atoms with Crippen LogP contribution in [0, 0.1) is 20.8 Å². The average Bonchev–Trinajstić information content (AvgIpc) is 2.43. The van der Waals surface area contributed by atoms with Crippen LogP contribution in [-0.2, 0) is 4.79 Å². The van der Waals surface area contributed by atoms with Crippen LogP contribution in [0.25, 0.3) is 0 Å². The van der Waals surface area contributed by atoms with Crippen LogP contribution in [0.3, 0.4) is 0 Å². The molecule has 20 heavy (non-hydrogen) atoms. The van der Waals surface area contributed by atoms with Crippen molar-refractivity contribution in [3.8, 4) is 0 Å². The van der Waals surface area contributed by atoms with Crippen molar-refractivity contribution in [1.82, 2.24) is 0 Å². The second-order valence-electron chi connectivity index (χ2n) is 5.63. The molecule has 0 saturated heterocycles. The van der Waals surface area contributed by atoms with Gasteiger partial charge in [0.05, 0.1) is 0 Å². The SMILES string of the molecule is Cc1ccccc1[C@@H]1CC(=O)Nc2c1ccc(C)c2C. The van der Waals surface area contributed by atoms with Gasteiger partial charge in [-0.3, -0.25) is 4.79 Å². The van der Waals surface area contributed by atoms with Gasteiger partial charge >= 0.3 is 0 Å². The molecule has 0 bridgehead atoms. The molecule has 1 atom stereocenters. The van der Waals surface area contributed by atoms with Gasteiger partial charge in [-0.05, 0) is 48.6 Å². The summed E-state index contributed by atoms with van der Waals surface area (Å²) in [5.74, 6) is 0.277. The second-order valence-corrected chi connectivity index (χ2v) is 5.63. The van der Waals surface area contributed by atoms with Gasteiger partial charge < -0.3 is 5.32 Å². The fraction of sp³-hybridized carbons (Fsp3) is 0.278. The van der Waals surface area contributed by atoms with Crippen molar-refractivity contribution >= 4 is 11.6 Å². The maximum absolute atomic E-state index is 12.1. The Hall–Kier alpha value is -2.09. The van der Waals surface area contributed by atoms with Crippen molar-refractivity contribution in [2.45, 2.75) is 33.1 Å². The normalized spacial score (nSPS) is 17.6. The van der Waals surface area contributed by atoms with Gasteiger partial charge in [0.2, 0.25) is 5.91 Å². The van der Waals surface area contributed by atoms with Crippen LogP contribution in [0.2, 0.25) is 0 Å². The molecule has 0 saturated carbocycles. The van der Waals surface area contributed by atoms with E-state index in [2.05, 4.69) is 56.4 Å². The van der Waals surface area contributed by atoms with Gasteiger partial charge in [-0.1, -0.05) is 36.4 Å². The zero-order valence-corrected chi connectivity index (χ0v) is 12.2. The molecule has 0 aromatic heterocycles. The summed E-state index contributed by atoms with van der Waals surface area (Å²) in [6, 6.07) is 12.7. The third-order valence-electron chi connectivity index (χ3n) is 4.36. The van der Waals surface area contributed by atoms with E-state index in [1.54, 1.807) is 0 Å². The van der Waals surface area contributed by atoms with Gasteiger partial charge in [-0.15, -0.1) is 0 Å². The van der Waals surface area contributed by atoms with Gasteiger partial charge in [0.1, 0.15) is 0 Å². The summed E-state index contributed by atoms with van der Waals surface area (Å²) in [6.45, 7) is 6.27. The first-order chi connectivity index (χ1) is 9.58. The minimum atomic E-state index is 0.111. The first-order valence-corrected chi connectivity index (χ1v) is 7.03. The summed E-state index contributed by atoms with van der Waals surface area (Å²) in [6.07, 6.45) is 0.528. The number of rotatable bonds is 1. The fourth-order valence-corrected chi connectivity index (χ4v) is 3.03. The zero-order chi connectivity index (χ0) is 14.3. The highest BCUT2D eigenvalue weighted by molar-refractivity contribution is 5.96. The standard InChI is InChI=1S/C18H19NO/c1-11-8-9-15-16(14-7-5-4-6-12(14)2)10-17(20)19-18(15)13(11)3/h4-9,16H,10H2,1-3H3,(H,19,20)/t16-/m0/s1. The molecule has 1 heterocycles. The molecule has 1 N–H and O–H groups in total. The Morgan fingerprint density at radius 3 is 2.45 bits per heavy atom. The van der Waals surface area contributed by atoms with Gasteiger partial charge in [-0.25, -0.2) is 0 Å². The van der Waals surface area contributed by atoms with Crippen molar-refractivity contribution in [3.05, 3.63) is 64.2 Å². The van der Waals surface area contributed by atoms with Crippen LogP contribution in [0.15, 0.2) is 36.4 Å². The molecule has 0 radical (unpaired) electrons. The van der Waals surface area contributed by atoms with E-state index in [1.807, 2.05) is 6.07 Å². The number of carbonyl (C=O) groups excluding carboxylic acids is 1. The molecule has 3 rings (SSSR count). The van der Waals surface area contributed by atoms with Gasteiger partial charge in [0.15, 0.2) is 0 Å². The van der Waals surface area contributed by atoms with E-state index in [4.69, 9.17) is 0 Å². The predicted molar refractivity (Wildman–Crippen MR) is 82.2 cm³/mol. The van der Waals surface area contributed by atoms with E-state index in [9.17, 15) is 4.79 Å². The molecule has 2 aromatic carbocycles. The Morgan fingerprint density at radius 2 is 1.70 bits per heavy atom. The number of hydrogen-bond donors (Lipinski definition) is 1. The third-order valence-corrected chi connectivity index (χ3v) is 4.36. The van der Waals surface area contributed by atoms with E-state index in [1.165, 1.54) is 27.8 Å². The molecule has 0 spiro atoms. The van der Waals surface area contributed by atoms with Crippen LogP contribution < -0.4 is 5.32 Å². The zero-order valence-electron chi connectivity index (χ0n) is 12.2. The molecule has 2 aromatic rings. The smallest absolute Gasteiger partial charge is 0.225 e. The number of benzene rings is 2. The molecule has 1 amide bonds. The number of carbonyl (C=O) groups is 1. The van der Waals surface area contributed by atoms with Crippen LogP contribution in [0.5, 0.6) is 0 Å². The highest BCUT2D eigenvalue weighted by Gasteiger charge is 2.28. The molecule has 1 aliphatic heterocycles. The summed E-state index contributed by atoms with van der Waals surface area (Å²) >= 11 is 0. The first kappa shape index (κ1) is 12.9. The topological polar surface area (TPSA) is 29.1 Å². The van der Waals surface area contributed by atoms with Crippen molar-refractivity contribution in [2.75, 3.05) is 5.32 Å². The highest BCUT2D eigenvalue weighted by Crippen LogP contribution is 2.40. The largest absolute Gasteiger partial charge is 0.326 e. The van der Waals surface area contributed by atoms with E-state index < -0.39 is 0 Å². The number of amides is 1. The highest BCUT2D eigenvalue weighted by atomic mass is 16.1. The lowest BCUT2D eigenvalue weighted by Gasteiger charge is -2.29. The molecule has 102 valence electrons. The molecule has 2 heteroatoms. The number of fused-ring (bicyclic) bond motifs is 1. The molecular weight excluding hydrogens is 246 g/mol. The summed E-state index contributed by atoms with van der Waals surface area (Å²) in [5, 5.41) is 3.05. The van der Waals surface area contributed by atoms with Gasteiger partial charge in [-0.2, -0.15) is 0 Å². The lowest BCUT2D eigenvalue weighted by molar-refractivity contribution is -0.116. The van der Waals surface area contributed by atoms with E-state index >= 15 is 0 Å². The Balaban J connectivity index is 2.19. The second kappa shape index (κ2) is 4.78. The minimum Gasteiger partial charge on any atom is -0.326 e. The van der Waals surface area contributed by atoms with Gasteiger partial charge in [0, 0.05) is 18.0 Å². The van der Waals surface area contributed by atoms with E-state index in [0.717, 1.165) is 5.69 Å². The molecule has 0 unspecified atom stereocenters. The fourth-order valence-electron chi connectivity index (χ4n) is 3.03. The Bertz CT molecular complexity index is 688. The Morgan fingerprint density at radius 1 is 0.950 bits per heavy atom. The molecule has 1 aliphatic rings. The third kappa shape index (κ3) is 2.01. The number of aryl methyl sites for hydroxylation is 2. The number of anilines is 1. The van der Waals surface area contributed by atoms with Crippen molar-refractivity contribution in [2.24, 2.45) is 0 Å². The van der Waals surface area contributed by atoms with Gasteiger partial charge in [0.25, 0.3) is 0 Å².